The highest BCUT2D eigenvalue weighted by atomic mass is 16.5. The van der Waals surface area contributed by atoms with E-state index in [0.29, 0.717) is 6.67 Å². The summed E-state index contributed by atoms with van der Waals surface area (Å²) in [6.07, 6.45) is 8.59. The second kappa shape index (κ2) is 17.6. The highest BCUT2D eigenvalue weighted by Gasteiger charge is 2.40. The molecular formula is C66H68BN5O. The second-order valence-electron chi connectivity index (χ2n) is 24.3. The first-order valence-corrected chi connectivity index (χ1v) is 26.0. The van der Waals surface area contributed by atoms with Gasteiger partial charge in [0, 0.05) is 34.8 Å². The standard InChI is InChI=1S/C66H68BN5O/c1-63(2,3)45-32-34-68-60(39-45)72-56-27-16-14-25-52(56)53-31-30-50(41-59(53)72)73-49-23-21-22-48(40-49)69-43-70(58-29-18-17-28-57(58)69)62-54(51-24-13-15-26-55(51)66(10,11)12)42-67-33-19-20-35-71(67)61(62)44-36-46(64(4,5)6)38-47(37-44)65(7,8)9/h13-42H,43H2,1-12H3. The second-order valence-corrected chi connectivity index (χ2v) is 24.3. The number of allylic oxidation sites excluding steroid dienone is 3. The van der Waals surface area contributed by atoms with Crippen LogP contribution < -0.4 is 14.5 Å². The zero-order valence-electron chi connectivity index (χ0n) is 44.7. The lowest BCUT2D eigenvalue weighted by Gasteiger charge is -2.41. The van der Waals surface area contributed by atoms with Crippen molar-refractivity contribution in [1.29, 1.82) is 0 Å². The molecule has 11 rings (SSSR count). The van der Waals surface area contributed by atoms with Crippen LogP contribution in [0.15, 0.2) is 188 Å². The predicted molar refractivity (Wildman–Crippen MR) is 309 cm³/mol. The van der Waals surface area contributed by atoms with Crippen LogP contribution in [0.25, 0.3) is 38.9 Å². The Morgan fingerprint density at radius 1 is 0.521 bits per heavy atom. The summed E-state index contributed by atoms with van der Waals surface area (Å²) in [6.45, 7) is 28.4. The number of pyridine rings is 1. The third-order valence-electron chi connectivity index (χ3n) is 14.9. The van der Waals surface area contributed by atoms with Gasteiger partial charge in [0.1, 0.15) is 24.0 Å². The summed E-state index contributed by atoms with van der Waals surface area (Å²) in [7, 11) is 0. The van der Waals surface area contributed by atoms with Crippen LogP contribution in [0.1, 0.15) is 116 Å². The van der Waals surface area contributed by atoms with E-state index < -0.39 is 0 Å². The molecule has 73 heavy (non-hydrogen) atoms. The van der Waals surface area contributed by atoms with Gasteiger partial charge in [0.2, 0.25) is 0 Å². The maximum absolute atomic E-state index is 6.90. The third-order valence-corrected chi connectivity index (χ3v) is 14.9. The minimum absolute atomic E-state index is 0.0194. The molecule has 0 N–H and O–H groups in total. The van der Waals surface area contributed by atoms with Gasteiger partial charge in [-0.2, -0.15) is 0 Å². The van der Waals surface area contributed by atoms with Crippen LogP contribution >= 0.6 is 0 Å². The number of fused-ring (bicyclic) bond motifs is 5. The SMILES string of the molecule is CC(C)(C)c1cc(C2=C(N3CN(c4cccc(Oc5ccc6c7ccccc7n(-c7cc(C(C)(C)C)ccn7)c6c5)c4)c4ccccc43)C(c3ccccc3C(C)(C)C)=CB3C=CC=CN32)cc(C(C)(C)C)c1. The Morgan fingerprint density at radius 3 is 1.90 bits per heavy atom. The van der Waals surface area contributed by atoms with Crippen LogP contribution in [-0.4, -0.2) is 27.9 Å². The fraction of sp³-hybridized carbons (Fsp3) is 0.258. The third kappa shape index (κ3) is 8.77. The predicted octanol–water partition coefficient (Wildman–Crippen LogP) is 17.0. The Morgan fingerprint density at radius 2 is 1.18 bits per heavy atom. The maximum Gasteiger partial charge on any atom is 0.313 e. The molecule has 6 nitrogen and oxygen atoms in total. The molecule has 366 valence electrons. The van der Waals surface area contributed by atoms with Crippen molar-refractivity contribution < 1.29 is 4.74 Å². The van der Waals surface area contributed by atoms with Gasteiger partial charge >= 0.3 is 6.85 Å². The number of anilines is 3. The zero-order chi connectivity index (χ0) is 51.2. The molecule has 0 fully saturated rings. The Kier molecular flexibility index (Phi) is 11.5. The molecule has 0 bridgehead atoms. The molecule has 0 amide bonds. The van der Waals surface area contributed by atoms with E-state index in [1.807, 2.05) is 6.20 Å². The number of nitrogens with zero attached hydrogens (tertiary/aromatic N) is 5. The van der Waals surface area contributed by atoms with Crippen LogP contribution in [0.5, 0.6) is 11.5 Å². The topological polar surface area (TPSA) is 36.8 Å². The van der Waals surface area contributed by atoms with E-state index in [1.54, 1.807) is 0 Å². The van der Waals surface area contributed by atoms with E-state index in [9.17, 15) is 0 Å². The quantitative estimate of drug-likeness (QED) is 0.149. The average molecular weight is 958 g/mol. The lowest BCUT2D eigenvalue weighted by molar-refractivity contribution is 0.483. The number of rotatable bonds is 7. The van der Waals surface area contributed by atoms with Crippen molar-refractivity contribution in [2.75, 3.05) is 16.5 Å². The normalized spacial score (nSPS) is 15.2. The van der Waals surface area contributed by atoms with Crippen molar-refractivity contribution in [2.24, 2.45) is 0 Å². The minimum atomic E-state index is -0.0988. The summed E-state index contributed by atoms with van der Waals surface area (Å²) in [4.78, 5) is 12.4. The molecule has 0 spiro atoms. The number of benzene rings is 6. The highest BCUT2D eigenvalue weighted by Crippen LogP contribution is 2.51. The molecule has 2 aromatic heterocycles. The molecule has 0 radical (unpaired) electrons. The Balaban J connectivity index is 1.05. The lowest BCUT2D eigenvalue weighted by Crippen LogP contribution is -2.40. The fourth-order valence-corrected chi connectivity index (χ4v) is 10.9. The van der Waals surface area contributed by atoms with Gasteiger partial charge in [-0.1, -0.05) is 168 Å². The van der Waals surface area contributed by atoms with Crippen LogP contribution in [0.4, 0.5) is 17.1 Å². The monoisotopic (exact) mass is 958 g/mol. The number of ether oxygens (including phenoxy) is 1. The highest BCUT2D eigenvalue weighted by molar-refractivity contribution is 6.70. The average Bonchev–Trinajstić information content (AvgIpc) is 3.91. The van der Waals surface area contributed by atoms with E-state index >= 15 is 0 Å². The smallest absolute Gasteiger partial charge is 0.313 e. The van der Waals surface area contributed by atoms with E-state index in [0.717, 1.165) is 50.8 Å². The van der Waals surface area contributed by atoms with Gasteiger partial charge < -0.3 is 19.3 Å². The van der Waals surface area contributed by atoms with Gasteiger partial charge in [-0.3, -0.25) is 4.57 Å². The maximum atomic E-state index is 6.90. The molecule has 7 heteroatoms. The molecule has 3 aliphatic rings. The molecule has 6 aromatic carbocycles. The van der Waals surface area contributed by atoms with Gasteiger partial charge in [-0.25, -0.2) is 4.98 Å². The summed E-state index contributed by atoms with van der Waals surface area (Å²) < 4.78 is 9.18. The van der Waals surface area contributed by atoms with E-state index in [1.165, 1.54) is 55.7 Å². The van der Waals surface area contributed by atoms with Crippen LogP contribution in [-0.2, 0) is 21.7 Å². The number of hydrogen-bond donors (Lipinski definition) is 0. The van der Waals surface area contributed by atoms with Crippen LogP contribution in [0.3, 0.4) is 0 Å². The molecule has 5 heterocycles. The molecule has 0 aliphatic carbocycles. The van der Waals surface area contributed by atoms with Crippen molar-refractivity contribution in [3.8, 4) is 17.3 Å². The lowest BCUT2D eigenvalue weighted by atomic mass is 9.55. The molecule has 3 aliphatic heterocycles. The van der Waals surface area contributed by atoms with Crippen molar-refractivity contribution in [2.45, 2.75) is 105 Å². The van der Waals surface area contributed by atoms with Gasteiger partial charge in [0.05, 0.1) is 33.8 Å². The van der Waals surface area contributed by atoms with E-state index in [2.05, 4.69) is 278 Å². The van der Waals surface area contributed by atoms with Crippen molar-refractivity contribution in [3.05, 3.63) is 221 Å². The molecule has 8 aromatic rings. The van der Waals surface area contributed by atoms with E-state index in [-0.39, 0.29) is 28.5 Å². The Labute approximate surface area is 433 Å². The molecular weight excluding hydrogens is 890 g/mol. The van der Waals surface area contributed by atoms with Crippen molar-refractivity contribution in [3.63, 3.8) is 0 Å². The molecule has 0 unspecified atom stereocenters. The van der Waals surface area contributed by atoms with Crippen molar-refractivity contribution in [1.82, 2.24) is 14.4 Å². The largest absolute Gasteiger partial charge is 0.457 e. The Hall–Kier alpha value is -7.51. The first kappa shape index (κ1) is 47.8. The summed E-state index contributed by atoms with van der Waals surface area (Å²) in [5.41, 5.74) is 16.6. The Bertz CT molecular complexity index is 3570. The first-order valence-electron chi connectivity index (χ1n) is 26.0. The van der Waals surface area contributed by atoms with Crippen molar-refractivity contribution >= 4 is 57.0 Å². The number of hydrogen-bond acceptors (Lipinski definition) is 5. The molecule has 0 atom stereocenters. The van der Waals surface area contributed by atoms with E-state index in [4.69, 9.17) is 9.72 Å². The summed E-state index contributed by atoms with van der Waals surface area (Å²) in [5, 5.41) is 2.34. The first-order chi connectivity index (χ1) is 34.7. The summed E-state index contributed by atoms with van der Waals surface area (Å²) in [5.74, 6) is 7.25. The van der Waals surface area contributed by atoms with Gasteiger partial charge in [-0.05, 0) is 140 Å². The number of aromatic nitrogens is 2. The summed E-state index contributed by atoms with van der Waals surface area (Å²) >= 11 is 0. The van der Waals surface area contributed by atoms with Gasteiger partial charge in [0.15, 0.2) is 0 Å². The van der Waals surface area contributed by atoms with Crippen LogP contribution in [0.2, 0.25) is 0 Å². The minimum Gasteiger partial charge on any atom is -0.457 e. The summed E-state index contributed by atoms with van der Waals surface area (Å²) in [6, 6.07) is 53.3. The zero-order valence-corrected chi connectivity index (χ0v) is 44.7. The van der Waals surface area contributed by atoms with Gasteiger partial charge in [0.25, 0.3) is 0 Å². The van der Waals surface area contributed by atoms with Crippen LogP contribution in [0, 0.1) is 0 Å². The van der Waals surface area contributed by atoms with Gasteiger partial charge in [-0.15, -0.1) is 0 Å². The fourth-order valence-electron chi connectivity index (χ4n) is 10.9. The molecule has 0 saturated carbocycles. The molecule has 0 saturated heterocycles. The number of para-hydroxylation sites is 3.